The zero-order chi connectivity index (χ0) is 20.4. The minimum Gasteiger partial charge on any atom is -0.444 e. The molecule has 1 atom stereocenters. The lowest BCUT2D eigenvalue weighted by atomic mass is 9.90. The van der Waals surface area contributed by atoms with Gasteiger partial charge in [0.25, 0.3) is 0 Å². The van der Waals surface area contributed by atoms with Crippen LogP contribution in [-0.4, -0.2) is 32.7 Å². The topological polar surface area (TPSA) is 79.9 Å². The van der Waals surface area contributed by atoms with Crippen molar-refractivity contribution in [3.8, 4) is 11.1 Å². The average Bonchev–Trinajstić information content (AvgIpc) is 3.11. The Kier molecular flexibility index (Phi) is 5.09. The highest BCUT2D eigenvalue weighted by Gasteiger charge is 2.24. The molecule has 6 heteroatoms. The van der Waals surface area contributed by atoms with Crippen LogP contribution in [0.5, 0.6) is 0 Å². The number of benzene rings is 1. The lowest BCUT2D eigenvalue weighted by Gasteiger charge is -2.26. The van der Waals surface area contributed by atoms with Crippen molar-refractivity contribution in [2.45, 2.75) is 51.7 Å². The van der Waals surface area contributed by atoms with Gasteiger partial charge in [-0.3, -0.25) is 0 Å². The van der Waals surface area contributed by atoms with E-state index in [9.17, 15) is 4.79 Å². The zero-order valence-corrected chi connectivity index (χ0v) is 17.0. The largest absolute Gasteiger partial charge is 0.444 e. The Morgan fingerprint density at radius 3 is 2.76 bits per heavy atom. The summed E-state index contributed by atoms with van der Waals surface area (Å²) in [5.41, 5.74) is 4.56. The number of amides is 1. The van der Waals surface area contributed by atoms with Crippen LogP contribution in [0.15, 0.2) is 48.9 Å². The molecule has 2 aromatic heterocycles. The third-order valence-corrected chi connectivity index (χ3v) is 4.95. The summed E-state index contributed by atoms with van der Waals surface area (Å²) in [4.78, 5) is 24.5. The predicted molar refractivity (Wildman–Crippen MR) is 114 cm³/mol. The number of hydrogen-bond donors (Lipinski definition) is 2. The molecule has 3 aromatic rings. The van der Waals surface area contributed by atoms with Crippen molar-refractivity contribution in [3.63, 3.8) is 0 Å². The molecule has 1 aromatic carbocycles. The maximum atomic E-state index is 12.2. The Morgan fingerprint density at radius 2 is 2.00 bits per heavy atom. The molecule has 1 amide bonds. The van der Waals surface area contributed by atoms with Gasteiger partial charge >= 0.3 is 6.09 Å². The Morgan fingerprint density at radius 1 is 1.21 bits per heavy atom. The molecule has 6 nitrogen and oxygen atoms in total. The zero-order valence-electron chi connectivity index (χ0n) is 17.0. The molecule has 1 aliphatic carbocycles. The summed E-state index contributed by atoms with van der Waals surface area (Å²) >= 11 is 0. The van der Waals surface area contributed by atoms with Gasteiger partial charge in [-0.15, -0.1) is 0 Å². The lowest BCUT2D eigenvalue weighted by Crippen LogP contribution is -2.39. The molecular weight excluding hydrogens is 364 g/mol. The predicted octanol–water partition coefficient (Wildman–Crippen LogP) is 5.09. The summed E-state index contributed by atoms with van der Waals surface area (Å²) in [6.07, 6.45) is 7.90. The summed E-state index contributed by atoms with van der Waals surface area (Å²) in [7, 11) is 0. The molecule has 0 fully saturated rings. The quantitative estimate of drug-likeness (QED) is 0.653. The minimum atomic E-state index is -0.508. The fourth-order valence-electron chi connectivity index (χ4n) is 3.75. The fourth-order valence-corrected chi connectivity index (χ4v) is 3.75. The van der Waals surface area contributed by atoms with Crippen LogP contribution in [0.4, 0.5) is 4.79 Å². The molecule has 0 spiro atoms. The van der Waals surface area contributed by atoms with Crippen LogP contribution in [0.3, 0.4) is 0 Å². The van der Waals surface area contributed by atoms with Crippen LogP contribution < -0.4 is 5.32 Å². The monoisotopic (exact) mass is 390 g/mol. The molecule has 2 heterocycles. The third-order valence-electron chi connectivity index (χ3n) is 4.95. The summed E-state index contributed by atoms with van der Waals surface area (Å²) in [5, 5.41) is 4.03. The van der Waals surface area contributed by atoms with Crippen molar-refractivity contribution in [1.82, 2.24) is 20.3 Å². The van der Waals surface area contributed by atoms with Gasteiger partial charge < -0.3 is 15.0 Å². The summed E-state index contributed by atoms with van der Waals surface area (Å²) in [5.74, 6) is 0. The number of ether oxygens (including phenoxy) is 1. The van der Waals surface area contributed by atoms with Gasteiger partial charge in [0.1, 0.15) is 17.6 Å². The Hall–Kier alpha value is -3.15. The fraction of sp³-hybridized carbons (Fsp3) is 0.348. The van der Waals surface area contributed by atoms with Gasteiger partial charge in [-0.05, 0) is 51.2 Å². The maximum Gasteiger partial charge on any atom is 0.407 e. The highest BCUT2D eigenvalue weighted by atomic mass is 16.6. The second kappa shape index (κ2) is 7.70. The van der Waals surface area contributed by atoms with E-state index in [1.165, 1.54) is 0 Å². The molecule has 0 saturated carbocycles. The van der Waals surface area contributed by atoms with E-state index < -0.39 is 5.60 Å². The van der Waals surface area contributed by atoms with Crippen molar-refractivity contribution in [2.75, 3.05) is 0 Å². The molecular formula is C23H26N4O2. The standard InChI is InChI=1S/C23H26N4O2/c1-23(2,3)29-22(28)27-17-11-7-10-16(12-17)20-19-18(15-8-5-4-6-9-15)13-24-21(19)26-14-25-20/h4-6,8-10,13-14,17H,7,11-12H2,1-3H3,(H,27,28)(H,24,25,26). The Balaban J connectivity index is 1.62. The van der Waals surface area contributed by atoms with E-state index in [0.29, 0.717) is 6.42 Å². The van der Waals surface area contributed by atoms with Gasteiger partial charge in [0.15, 0.2) is 0 Å². The molecule has 4 rings (SSSR count). The van der Waals surface area contributed by atoms with Gasteiger partial charge in [0, 0.05) is 17.8 Å². The summed E-state index contributed by atoms with van der Waals surface area (Å²) < 4.78 is 5.42. The first-order valence-electron chi connectivity index (χ1n) is 9.97. The molecule has 29 heavy (non-hydrogen) atoms. The number of H-pyrrole nitrogens is 1. The van der Waals surface area contributed by atoms with E-state index in [4.69, 9.17) is 4.74 Å². The smallest absolute Gasteiger partial charge is 0.407 e. The van der Waals surface area contributed by atoms with E-state index in [2.05, 4.69) is 38.5 Å². The van der Waals surface area contributed by atoms with Crippen molar-refractivity contribution in [2.24, 2.45) is 0 Å². The van der Waals surface area contributed by atoms with Crippen molar-refractivity contribution < 1.29 is 9.53 Å². The minimum absolute atomic E-state index is 0.0222. The maximum absolute atomic E-state index is 12.2. The van der Waals surface area contributed by atoms with Crippen LogP contribution >= 0.6 is 0 Å². The Labute approximate surface area is 170 Å². The number of allylic oxidation sites excluding steroid dienone is 1. The van der Waals surface area contributed by atoms with E-state index >= 15 is 0 Å². The molecule has 0 bridgehead atoms. The first kappa shape index (κ1) is 19.2. The first-order chi connectivity index (χ1) is 13.9. The number of fused-ring (bicyclic) bond motifs is 1. The van der Waals surface area contributed by atoms with Crippen LogP contribution in [0.1, 0.15) is 45.7 Å². The van der Waals surface area contributed by atoms with E-state index in [1.54, 1.807) is 6.33 Å². The number of nitrogens with zero attached hydrogens (tertiary/aromatic N) is 2. The summed E-state index contributed by atoms with van der Waals surface area (Å²) in [6, 6.07) is 10.3. The van der Waals surface area contributed by atoms with Gasteiger partial charge in [-0.25, -0.2) is 14.8 Å². The number of rotatable bonds is 3. The number of alkyl carbamates (subject to hydrolysis) is 1. The summed E-state index contributed by atoms with van der Waals surface area (Å²) in [6.45, 7) is 5.61. The number of nitrogens with one attached hydrogen (secondary N) is 2. The molecule has 0 aliphatic heterocycles. The van der Waals surface area contributed by atoms with Gasteiger partial charge in [0.05, 0.1) is 11.1 Å². The van der Waals surface area contributed by atoms with E-state index in [1.807, 2.05) is 45.2 Å². The van der Waals surface area contributed by atoms with Crippen LogP contribution in [-0.2, 0) is 4.74 Å². The molecule has 1 unspecified atom stereocenters. The molecule has 150 valence electrons. The van der Waals surface area contributed by atoms with Crippen LogP contribution in [0.2, 0.25) is 0 Å². The highest BCUT2D eigenvalue weighted by Crippen LogP contribution is 2.35. The van der Waals surface area contributed by atoms with Crippen LogP contribution in [0, 0.1) is 0 Å². The highest BCUT2D eigenvalue weighted by molar-refractivity contribution is 6.00. The molecule has 1 aliphatic rings. The number of carbonyl (C=O) groups excluding carboxylic acids is 1. The lowest BCUT2D eigenvalue weighted by molar-refractivity contribution is 0.0502. The van der Waals surface area contributed by atoms with E-state index in [-0.39, 0.29) is 12.1 Å². The van der Waals surface area contributed by atoms with Crippen molar-refractivity contribution >= 4 is 22.7 Å². The number of carbonyl (C=O) groups is 1. The average molecular weight is 390 g/mol. The number of aromatic nitrogens is 3. The third kappa shape index (κ3) is 4.31. The Bertz CT molecular complexity index is 1050. The number of aromatic amines is 1. The SMILES string of the molecule is CC(C)(C)OC(=O)NC1CCC=C(c2ncnc3[nH]cc(-c4ccccc4)c23)C1. The molecule has 0 saturated heterocycles. The van der Waals surface area contributed by atoms with Crippen molar-refractivity contribution in [3.05, 3.63) is 54.6 Å². The molecule has 0 radical (unpaired) electrons. The second-order valence-corrected chi connectivity index (χ2v) is 8.37. The molecule has 2 N–H and O–H groups in total. The van der Waals surface area contributed by atoms with Gasteiger partial charge in [0.2, 0.25) is 0 Å². The van der Waals surface area contributed by atoms with E-state index in [0.717, 1.165) is 46.3 Å². The second-order valence-electron chi connectivity index (χ2n) is 8.37. The van der Waals surface area contributed by atoms with Crippen molar-refractivity contribution in [1.29, 1.82) is 0 Å². The van der Waals surface area contributed by atoms with Crippen LogP contribution in [0.25, 0.3) is 27.7 Å². The first-order valence-corrected chi connectivity index (χ1v) is 9.97. The van der Waals surface area contributed by atoms with Gasteiger partial charge in [-0.1, -0.05) is 36.4 Å². The normalized spacial score (nSPS) is 17.1. The number of hydrogen-bond acceptors (Lipinski definition) is 4. The van der Waals surface area contributed by atoms with Gasteiger partial charge in [-0.2, -0.15) is 0 Å².